The van der Waals surface area contributed by atoms with E-state index in [1.54, 1.807) is 0 Å². The highest BCUT2D eigenvalue weighted by atomic mass is 16.2. The van der Waals surface area contributed by atoms with Crippen molar-refractivity contribution >= 4 is 16.9 Å². The van der Waals surface area contributed by atoms with Crippen LogP contribution in [0.4, 0.5) is 5.82 Å². The molecule has 0 saturated heterocycles. The molecule has 20 heavy (non-hydrogen) atoms. The number of aliphatic hydroxyl groups excluding tert-OH is 1. The number of nitrogens with two attached hydrogens (primary N) is 1. The van der Waals surface area contributed by atoms with Gasteiger partial charge < -0.3 is 10.8 Å². The van der Waals surface area contributed by atoms with Gasteiger partial charge in [-0.2, -0.15) is 5.10 Å². The molecular weight excluding hydrogens is 252 g/mol. The Hall–Kier alpha value is -2.40. The summed E-state index contributed by atoms with van der Waals surface area (Å²) < 4.78 is 0. The van der Waals surface area contributed by atoms with Crippen molar-refractivity contribution in [3.05, 3.63) is 41.5 Å². The van der Waals surface area contributed by atoms with Gasteiger partial charge in [-0.25, -0.2) is 4.98 Å². The Morgan fingerprint density at radius 2 is 2.10 bits per heavy atom. The average molecular weight is 268 g/mol. The smallest absolute Gasteiger partial charge is 0.183 e. The lowest BCUT2D eigenvalue weighted by molar-refractivity contribution is 0.300. The molecule has 0 saturated carbocycles. The summed E-state index contributed by atoms with van der Waals surface area (Å²) in [6.45, 7) is 2.11. The van der Waals surface area contributed by atoms with Crippen LogP contribution in [0.2, 0.25) is 0 Å². The molecule has 3 aromatic rings. The summed E-state index contributed by atoms with van der Waals surface area (Å²) in [6.07, 6.45) is 0.529. The van der Waals surface area contributed by atoms with E-state index in [1.807, 2.05) is 37.3 Å². The Morgan fingerprint density at radius 1 is 1.30 bits per heavy atom. The summed E-state index contributed by atoms with van der Waals surface area (Å²) in [5.41, 5.74) is 10.5. The number of fused-ring (bicyclic) bond motifs is 1. The molecule has 0 aliphatic carbocycles. The second-order valence-corrected chi connectivity index (χ2v) is 4.79. The predicted molar refractivity (Wildman–Crippen MR) is 79.3 cm³/mol. The van der Waals surface area contributed by atoms with Gasteiger partial charge in [-0.15, -0.1) is 0 Å². The number of pyridine rings is 1. The molecule has 2 aromatic heterocycles. The highest BCUT2D eigenvalue weighted by Gasteiger charge is 2.13. The third-order valence-corrected chi connectivity index (χ3v) is 3.44. The van der Waals surface area contributed by atoms with Gasteiger partial charge in [-0.05, 0) is 30.5 Å². The number of benzene rings is 1. The number of aromatic amines is 1. The van der Waals surface area contributed by atoms with Gasteiger partial charge in [0.1, 0.15) is 5.82 Å². The Kier molecular flexibility index (Phi) is 3.12. The molecule has 0 radical (unpaired) electrons. The van der Waals surface area contributed by atoms with Crippen LogP contribution in [-0.2, 0) is 6.42 Å². The van der Waals surface area contributed by atoms with Crippen LogP contribution in [0.25, 0.3) is 22.3 Å². The number of nitrogens with one attached hydrogen (secondary N) is 1. The summed E-state index contributed by atoms with van der Waals surface area (Å²) in [5, 5.41) is 16.9. The van der Waals surface area contributed by atoms with E-state index in [0.29, 0.717) is 17.9 Å². The lowest BCUT2D eigenvalue weighted by Gasteiger charge is -2.08. The molecule has 0 spiro atoms. The number of aliphatic hydroxyl groups is 1. The molecular formula is C15H16N4O. The van der Waals surface area contributed by atoms with E-state index in [4.69, 9.17) is 5.73 Å². The number of rotatable bonds is 3. The molecule has 0 fully saturated rings. The minimum absolute atomic E-state index is 0.0664. The van der Waals surface area contributed by atoms with Crippen LogP contribution in [0.1, 0.15) is 11.1 Å². The predicted octanol–water partition coefficient (Wildman–Crippen LogP) is 2.05. The van der Waals surface area contributed by atoms with Crippen molar-refractivity contribution in [1.82, 2.24) is 15.2 Å². The number of aromatic nitrogens is 3. The molecule has 3 rings (SSSR count). The van der Waals surface area contributed by atoms with Gasteiger partial charge in [0.05, 0.1) is 11.1 Å². The van der Waals surface area contributed by atoms with Crippen molar-refractivity contribution in [3.63, 3.8) is 0 Å². The molecule has 1 aromatic carbocycles. The second kappa shape index (κ2) is 4.94. The Morgan fingerprint density at radius 3 is 2.85 bits per heavy atom. The number of nitrogens with zero attached hydrogens (tertiary/aromatic N) is 2. The Balaban J connectivity index is 2.25. The van der Waals surface area contributed by atoms with Crippen molar-refractivity contribution < 1.29 is 5.11 Å². The third kappa shape index (κ3) is 2.02. The number of nitrogen functional groups attached to an aromatic ring is 1. The summed E-state index contributed by atoms with van der Waals surface area (Å²) >= 11 is 0. The zero-order valence-corrected chi connectivity index (χ0v) is 11.2. The van der Waals surface area contributed by atoms with Crippen molar-refractivity contribution in [3.8, 4) is 11.3 Å². The first-order chi connectivity index (χ1) is 9.70. The highest BCUT2D eigenvalue weighted by molar-refractivity contribution is 5.91. The fraction of sp³-hybridized carbons (Fsp3) is 0.200. The number of aryl methyl sites for hydroxylation is 1. The van der Waals surface area contributed by atoms with Gasteiger partial charge in [-0.3, -0.25) is 5.10 Å². The molecule has 0 bridgehead atoms. The molecule has 0 amide bonds. The fourth-order valence-electron chi connectivity index (χ4n) is 2.44. The van der Waals surface area contributed by atoms with E-state index in [-0.39, 0.29) is 6.61 Å². The van der Waals surface area contributed by atoms with Crippen LogP contribution in [0.5, 0.6) is 0 Å². The SMILES string of the molecule is Cc1ccccc1-c1cc(CCO)c2c(N)[nH]nc2n1. The Bertz CT molecular complexity index is 764. The maximum Gasteiger partial charge on any atom is 0.183 e. The van der Waals surface area contributed by atoms with Crippen molar-refractivity contribution in [2.75, 3.05) is 12.3 Å². The van der Waals surface area contributed by atoms with Gasteiger partial charge in [0.15, 0.2) is 5.65 Å². The number of H-pyrrole nitrogens is 1. The van der Waals surface area contributed by atoms with Gasteiger partial charge in [0, 0.05) is 12.2 Å². The van der Waals surface area contributed by atoms with E-state index < -0.39 is 0 Å². The van der Waals surface area contributed by atoms with Crippen LogP contribution in [0, 0.1) is 6.92 Å². The van der Waals surface area contributed by atoms with E-state index >= 15 is 0 Å². The fourth-order valence-corrected chi connectivity index (χ4v) is 2.44. The summed E-state index contributed by atoms with van der Waals surface area (Å²) in [7, 11) is 0. The molecule has 5 heteroatoms. The molecule has 2 heterocycles. The zero-order valence-electron chi connectivity index (χ0n) is 11.2. The summed E-state index contributed by atoms with van der Waals surface area (Å²) in [6, 6.07) is 10.0. The quantitative estimate of drug-likeness (QED) is 0.678. The summed E-state index contributed by atoms with van der Waals surface area (Å²) in [4.78, 5) is 4.57. The monoisotopic (exact) mass is 268 g/mol. The maximum atomic E-state index is 9.23. The lowest BCUT2D eigenvalue weighted by Crippen LogP contribution is -1.97. The number of anilines is 1. The molecule has 5 nitrogen and oxygen atoms in total. The van der Waals surface area contributed by atoms with Gasteiger partial charge in [0.2, 0.25) is 0 Å². The minimum Gasteiger partial charge on any atom is -0.396 e. The van der Waals surface area contributed by atoms with Crippen LogP contribution in [-0.4, -0.2) is 26.9 Å². The second-order valence-electron chi connectivity index (χ2n) is 4.79. The van der Waals surface area contributed by atoms with Gasteiger partial charge in [-0.1, -0.05) is 24.3 Å². The molecule has 0 aliphatic heterocycles. The molecule has 0 aliphatic rings. The normalized spacial score (nSPS) is 11.1. The van der Waals surface area contributed by atoms with Crippen LogP contribution in [0.15, 0.2) is 30.3 Å². The van der Waals surface area contributed by atoms with Crippen molar-refractivity contribution in [1.29, 1.82) is 0 Å². The zero-order chi connectivity index (χ0) is 14.1. The van der Waals surface area contributed by atoms with Crippen molar-refractivity contribution in [2.24, 2.45) is 0 Å². The Labute approximate surface area is 116 Å². The molecule has 4 N–H and O–H groups in total. The third-order valence-electron chi connectivity index (χ3n) is 3.44. The van der Waals surface area contributed by atoms with E-state index in [9.17, 15) is 5.11 Å². The van der Waals surface area contributed by atoms with Crippen LogP contribution < -0.4 is 5.73 Å². The number of hydrogen-bond donors (Lipinski definition) is 3. The first kappa shape index (κ1) is 12.6. The van der Waals surface area contributed by atoms with E-state index in [0.717, 1.165) is 27.8 Å². The van der Waals surface area contributed by atoms with E-state index in [1.165, 1.54) is 0 Å². The van der Waals surface area contributed by atoms with Crippen LogP contribution in [0.3, 0.4) is 0 Å². The van der Waals surface area contributed by atoms with E-state index in [2.05, 4.69) is 15.2 Å². The average Bonchev–Trinajstić information content (AvgIpc) is 2.81. The lowest BCUT2D eigenvalue weighted by atomic mass is 10.0. The number of hydrogen-bond acceptors (Lipinski definition) is 4. The first-order valence-corrected chi connectivity index (χ1v) is 6.51. The molecule has 0 unspecified atom stereocenters. The van der Waals surface area contributed by atoms with Gasteiger partial charge >= 0.3 is 0 Å². The largest absolute Gasteiger partial charge is 0.396 e. The molecule has 0 atom stereocenters. The van der Waals surface area contributed by atoms with Crippen molar-refractivity contribution in [2.45, 2.75) is 13.3 Å². The van der Waals surface area contributed by atoms with Gasteiger partial charge in [0.25, 0.3) is 0 Å². The topological polar surface area (TPSA) is 87.8 Å². The first-order valence-electron chi connectivity index (χ1n) is 6.51. The maximum absolute atomic E-state index is 9.23. The van der Waals surface area contributed by atoms with Crippen LogP contribution >= 0.6 is 0 Å². The minimum atomic E-state index is 0.0664. The molecule has 102 valence electrons. The standard InChI is InChI=1S/C15H16N4O/c1-9-4-2-3-5-11(9)12-8-10(6-7-20)13-14(16)18-19-15(13)17-12/h2-5,8,20H,6-7H2,1H3,(H3,16,17,18,19). The highest BCUT2D eigenvalue weighted by Crippen LogP contribution is 2.28. The summed E-state index contributed by atoms with van der Waals surface area (Å²) in [5.74, 6) is 0.493.